The molecule has 3 nitrogen and oxygen atoms in total. The summed E-state index contributed by atoms with van der Waals surface area (Å²) in [7, 11) is 0. The van der Waals surface area contributed by atoms with E-state index in [-0.39, 0.29) is 12.0 Å². The minimum absolute atomic E-state index is 0.0699. The fraction of sp³-hybridized carbons (Fsp3) is 0.448. The maximum Gasteiger partial charge on any atom is 0.0994 e. The van der Waals surface area contributed by atoms with Gasteiger partial charge in [-0.05, 0) is 36.0 Å². The molecule has 2 aromatic rings. The molecule has 0 amide bonds. The van der Waals surface area contributed by atoms with Gasteiger partial charge in [0.25, 0.3) is 0 Å². The number of nitrogens with zero attached hydrogens (tertiary/aromatic N) is 1. The summed E-state index contributed by atoms with van der Waals surface area (Å²) in [5.74, 6) is 0.0699. The third kappa shape index (κ3) is 5.98. The second-order valence-corrected chi connectivity index (χ2v) is 9.14. The van der Waals surface area contributed by atoms with E-state index in [0.717, 1.165) is 31.6 Å². The summed E-state index contributed by atoms with van der Waals surface area (Å²) in [5.41, 5.74) is 4.00. The van der Waals surface area contributed by atoms with E-state index < -0.39 is 5.60 Å². The van der Waals surface area contributed by atoms with Gasteiger partial charge in [-0.3, -0.25) is 4.90 Å². The van der Waals surface area contributed by atoms with Crippen LogP contribution in [0.15, 0.2) is 78.4 Å². The van der Waals surface area contributed by atoms with Crippen LogP contribution in [0, 0.1) is 5.92 Å². The summed E-state index contributed by atoms with van der Waals surface area (Å²) in [5, 5.41) is 12.0. The van der Waals surface area contributed by atoms with E-state index in [9.17, 15) is 5.11 Å². The number of hydrogen-bond acceptors (Lipinski definition) is 3. The molecule has 1 saturated heterocycles. The summed E-state index contributed by atoms with van der Waals surface area (Å²) < 4.78 is 6.22. The van der Waals surface area contributed by atoms with E-state index in [2.05, 4.69) is 92.4 Å². The molecule has 2 unspecified atom stereocenters. The zero-order valence-corrected chi connectivity index (χ0v) is 20.1. The zero-order valence-electron chi connectivity index (χ0n) is 20.1. The first kappa shape index (κ1) is 24.4. The van der Waals surface area contributed by atoms with Gasteiger partial charge in [-0.15, -0.1) is 0 Å². The Bertz CT molecular complexity index is 902. The van der Waals surface area contributed by atoms with Gasteiger partial charge < -0.3 is 9.84 Å². The summed E-state index contributed by atoms with van der Waals surface area (Å²) >= 11 is 0. The summed E-state index contributed by atoms with van der Waals surface area (Å²) in [6.45, 7) is 11.7. The molecule has 0 spiro atoms. The number of allylic oxidation sites excluding steroid dienone is 3. The summed E-state index contributed by atoms with van der Waals surface area (Å²) in [4.78, 5) is 2.43. The minimum Gasteiger partial charge on any atom is -0.387 e. The summed E-state index contributed by atoms with van der Waals surface area (Å²) in [6.07, 6.45) is 7.78. The average molecular weight is 434 g/mol. The second kappa shape index (κ2) is 11.6. The Morgan fingerprint density at radius 3 is 2.56 bits per heavy atom. The van der Waals surface area contributed by atoms with Gasteiger partial charge >= 0.3 is 0 Å². The van der Waals surface area contributed by atoms with E-state index in [1.165, 1.54) is 16.7 Å². The van der Waals surface area contributed by atoms with Gasteiger partial charge in [-0.25, -0.2) is 0 Å². The van der Waals surface area contributed by atoms with Crippen molar-refractivity contribution in [2.45, 2.75) is 52.2 Å². The van der Waals surface area contributed by atoms with Crippen LogP contribution in [0.2, 0.25) is 0 Å². The average Bonchev–Trinajstić information content (AvgIpc) is 2.82. The first-order valence-electron chi connectivity index (χ1n) is 12.0. The van der Waals surface area contributed by atoms with E-state index in [4.69, 9.17) is 4.74 Å². The molecule has 2 atom stereocenters. The van der Waals surface area contributed by atoms with Crippen LogP contribution in [0.3, 0.4) is 0 Å². The molecule has 1 aliphatic rings. The van der Waals surface area contributed by atoms with Crippen LogP contribution in [-0.4, -0.2) is 48.0 Å². The molecule has 1 aliphatic heterocycles. The lowest BCUT2D eigenvalue weighted by Crippen LogP contribution is -2.58. The van der Waals surface area contributed by atoms with Crippen LogP contribution in [0.4, 0.5) is 0 Å². The van der Waals surface area contributed by atoms with Crippen LogP contribution >= 0.6 is 0 Å². The smallest absolute Gasteiger partial charge is 0.0994 e. The van der Waals surface area contributed by atoms with Crippen molar-refractivity contribution in [3.8, 4) is 11.1 Å². The van der Waals surface area contributed by atoms with Gasteiger partial charge in [0.15, 0.2) is 0 Å². The van der Waals surface area contributed by atoms with Crippen molar-refractivity contribution in [3.05, 3.63) is 84.0 Å². The fourth-order valence-corrected chi connectivity index (χ4v) is 4.52. The minimum atomic E-state index is -0.942. The molecular formula is C29H39NO2. The topological polar surface area (TPSA) is 32.7 Å². The molecule has 1 fully saturated rings. The number of aliphatic hydroxyl groups is 1. The molecule has 0 aliphatic carbocycles. The van der Waals surface area contributed by atoms with Crippen molar-refractivity contribution < 1.29 is 9.84 Å². The first-order chi connectivity index (χ1) is 15.5. The first-order valence-corrected chi connectivity index (χ1v) is 12.0. The lowest BCUT2D eigenvalue weighted by molar-refractivity contribution is -0.161. The monoisotopic (exact) mass is 433 g/mol. The van der Waals surface area contributed by atoms with Crippen molar-refractivity contribution in [3.63, 3.8) is 0 Å². The van der Waals surface area contributed by atoms with Crippen LogP contribution in [-0.2, 0) is 11.2 Å². The number of hydrogen-bond donors (Lipinski definition) is 1. The van der Waals surface area contributed by atoms with E-state index in [1.54, 1.807) is 0 Å². The molecule has 0 saturated carbocycles. The van der Waals surface area contributed by atoms with Gasteiger partial charge in [0.2, 0.25) is 0 Å². The zero-order chi connectivity index (χ0) is 23.0. The van der Waals surface area contributed by atoms with Crippen LogP contribution in [0.5, 0.6) is 0 Å². The van der Waals surface area contributed by atoms with E-state index in [1.807, 2.05) is 13.0 Å². The fourth-order valence-electron chi connectivity index (χ4n) is 4.52. The lowest BCUT2D eigenvalue weighted by Gasteiger charge is -2.45. The Labute approximate surface area is 194 Å². The normalized spacial score (nSPS) is 20.1. The molecular weight excluding hydrogens is 394 g/mol. The van der Waals surface area contributed by atoms with Crippen molar-refractivity contribution in [1.29, 1.82) is 0 Å². The van der Waals surface area contributed by atoms with Gasteiger partial charge in [-0.2, -0.15) is 0 Å². The molecule has 3 rings (SSSR count). The predicted octanol–water partition coefficient (Wildman–Crippen LogP) is 5.90. The molecule has 0 radical (unpaired) electrons. The largest absolute Gasteiger partial charge is 0.387 e. The molecule has 3 heteroatoms. The Morgan fingerprint density at radius 2 is 1.88 bits per heavy atom. The summed E-state index contributed by atoms with van der Waals surface area (Å²) in [6, 6.07) is 18.9. The third-order valence-corrected chi connectivity index (χ3v) is 6.69. The van der Waals surface area contributed by atoms with Crippen molar-refractivity contribution in [2.24, 2.45) is 5.92 Å². The van der Waals surface area contributed by atoms with Gasteiger partial charge in [0.1, 0.15) is 0 Å². The number of morpholine rings is 1. The standard InChI is InChI=1S/C29H39NO2/c1-5-7-13-24(6-2)21-30-18-19-32-28(22-30)29(31,23(3)4)20-26-16-11-12-17-27(26)25-14-9-8-10-15-25/h5,7-17,23,28,31H,6,18-22H2,1-4H3/b7-5-,24-13+. The SMILES string of the molecule is C/C=C\C=C(/CC)CN1CCOC(C(O)(Cc2ccccc2-c2ccccc2)C(C)C)C1. The van der Waals surface area contributed by atoms with Crippen LogP contribution < -0.4 is 0 Å². The number of benzene rings is 2. The van der Waals surface area contributed by atoms with E-state index in [0.29, 0.717) is 13.0 Å². The number of ether oxygens (including phenoxy) is 1. The highest BCUT2D eigenvalue weighted by atomic mass is 16.5. The second-order valence-electron chi connectivity index (χ2n) is 9.14. The van der Waals surface area contributed by atoms with E-state index >= 15 is 0 Å². The third-order valence-electron chi connectivity index (χ3n) is 6.69. The predicted molar refractivity (Wildman–Crippen MR) is 135 cm³/mol. The van der Waals surface area contributed by atoms with Crippen LogP contribution in [0.25, 0.3) is 11.1 Å². The van der Waals surface area contributed by atoms with Gasteiger partial charge in [-0.1, -0.05) is 99.2 Å². The molecule has 2 aromatic carbocycles. The Hall–Kier alpha value is -2.20. The molecule has 1 N–H and O–H groups in total. The maximum atomic E-state index is 12.0. The van der Waals surface area contributed by atoms with Gasteiger partial charge in [0, 0.05) is 26.1 Å². The van der Waals surface area contributed by atoms with Crippen molar-refractivity contribution in [1.82, 2.24) is 4.90 Å². The van der Waals surface area contributed by atoms with Crippen molar-refractivity contribution in [2.75, 3.05) is 26.2 Å². The molecule has 172 valence electrons. The highest BCUT2D eigenvalue weighted by Gasteiger charge is 2.43. The lowest BCUT2D eigenvalue weighted by atomic mass is 9.77. The highest BCUT2D eigenvalue weighted by molar-refractivity contribution is 5.67. The molecule has 0 bridgehead atoms. The number of rotatable bonds is 9. The highest BCUT2D eigenvalue weighted by Crippen LogP contribution is 2.34. The van der Waals surface area contributed by atoms with Gasteiger partial charge in [0.05, 0.1) is 18.3 Å². The van der Waals surface area contributed by atoms with Crippen LogP contribution in [0.1, 0.15) is 39.7 Å². The molecule has 0 aromatic heterocycles. The van der Waals surface area contributed by atoms with Crippen molar-refractivity contribution >= 4 is 0 Å². The quantitative estimate of drug-likeness (QED) is 0.500. The Kier molecular flexibility index (Phi) is 8.86. The Balaban J connectivity index is 1.83. The maximum absolute atomic E-state index is 12.0. The Morgan fingerprint density at radius 1 is 1.16 bits per heavy atom. The molecule has 1 heterocycles. The molecule has 32 heavy (non-hydrogen) atoms.